The standard InChI is InChI=1S/2C28H46N2OSi2.2Cr/c2*1-19(2)23-15-13-16-24(20(3)4)27(23)29-32(9,10)30(33(11,12)31)28-25(21(5)6)17-14-18-26(28)22(7)8;;/h2*13-22H,1-12H3;;/q2*-2;2*+2. The first kappa shape index (κ1) is 63.9. The van der Waals surface area contributed by atoms with Gasteiger partial charge in [0.1, 0.15) is 0 Å². The summed E-state index contributed by atoms with van der Waals surface area (Å²) < 4.78 is 4.62. The molecule has 0 aliphatic carbocycles. The molecule has 0 spiro atoms. The van der Waals surface area contributed by atoms with Crippen molar-refractivity contribution in [3.05, 3.63) is 127 Å². The summed E-state index contributed by atoms with van der Waals surface area (Å²) in [6, 6.07) is 26.3. The molecule has 68 heavy (non-hydrogen) atoms. The van der Waals surface area contributed by atoms with Crippen molar-refractivity contribution in [1.29, 1.82) is 0 Å². The number of rotatable bonds is 18. The van der Waals surface area contributed by atoms with Gasteiger partial charge in [-0.3, -0.25) is 0 Å². The fraction of sp³-hybridized carbons (Fsp3) is 0.571. The predicted octanol–water partition coefficient (Wildman–Crippen LogP) is 16.9. The van der Waals surface area contributed by atoms with Crippen LogP contribution in [0.4, 0.5) is 22.7 Å². The van der Waals surface area contributed by atoms with Gasteiger partial charge in [0, 0.05) is 45.1 Å². The third-order valence-corrected chi connectivity index (χ3v) is 26.1. The summed E-state index contributed by atoms with van der Waals surface area (Å²) >= 11 is 0. The maximum atomic E-state index is 14.1. The summed E-state index contributed by atoms with van der Waals surface area (Å²) in [7, 11) is -11.1. The first-order valence-corrected chi connectivity index (χ1v) is 36.7. The molecule has 0 amide bonds. The molecule has 0 saturated carbocycles. The second kappa shape index (κ2) is 25.5. The molecular weight excluding hydrogens is 977 g/mol. The average molecular weight is 1070 g/mol. The Morgan fingerprint density at radius 3 is 0.632 bits per heavy atom. The molecule has 0 atom stereocenters. The molecule has 0 saturated heterocycles. The second-order valence-electron chi connectivity index (χ2n) is 23.2. The Labute approximate surface area is 443 Å². The molecule has 0 unspecified atom stereocenters. The van der Waals surface area contributed by atoms with E-state index in [0.29, 0.717) is 47.3 Å². The van der Waals surface area contributed by atoms with Crippen LogP contribution in [0.2, 0.25) is 52.4 Å². The third-order valence-electron chi connectivity index (χ3n) is 12.8. The summed E-state index contributed by atoms with van der Waals surface area (Å²) in [5.74, 6) is 2.90. The van der Waals surface area contributed by atoms with E-state index < -0.39 is 33.8 Å². The molecule has 12 heteroatoms. The van der Waals surface area contributed by atoms with Crippen LogP contribution in [0.25, 0.3) is 9.96 Å². The fourth-order valence-electron chi connectivity index (χ4n) is 9.87. The zero-order valence-corrected chi connectivity index (χ0v) is 53.5. The molecule has 0 aliphatic heterocycles. The van der Waals surface area contributed by atoms with Crippen LogP contribution in [0, 0.1) is 0 Å². The molecule has 0 bridgehead atoms. The van der Waals surface area contributed by atoms with Gasteiger partial charge in [-0.1, -0.05) is 258 Å². The molecular formula is C56H92Cr2N4O2Si4. The van der Waals surface area contributed by atoms with Crippen LogP contribution in [0.5, 0.6) is 0 Å². The van der Waals surface area contributed by atoms with E-state index in [-0.39, 0.29) is 34.7 Å². The summed E-state index contributed by atoms with van der Waals surface area (Å²) in [5.41, 5.74) is 14.8. The third kappa shape index (κ3) is 15.5. The van der Waals surface area contributed by atoms with E-state index in [1.807, 2.05) is 26.2 Å². The van der Waals surface area contributed by atoms with Gasteiger partial charge < -0.3 is 28.0 Å². The van der Waals surface area contributed by atoms with Crippen LogP contribution in [-0.4, -0.2) is 33.8 Å². The van der Waals surface area contributed by atoms with Crippen LogP contribution >= 0.6 is 0 Å². The van der Waals surface area contributed by atoms with Gasteiger partial charge in [0.15, 0.2) is 0 Å². The zero-order valence-electron chi connectivity index (χ0n) is 47.0. The minimum atomic E-state index is -3.01. The van der Waals surface area contributed by atoms with Crippen molar-refractivity contribution < 1.29 is 44.3 Å². The van der Waals surface area contributed by atoms with Gasteiger partial charge in [0.25, 0.3) is 0 Å². The first-order valence-electron chi connectivity index (χ1n) is 25.2. The monoisotopic (exact) mass is 1070 g/mol. The first-order chi connectivity index (χ1) is 30.2. The smallest absolute Gasteiger partial charge is 0.844 e. The number of hydrogen-bond acceptors (Lipinski definition) is 4. The molecule has 376 valence electrons. The average Bonchev–Trinajstić information content (AvgIpc) is 3.16. The number of nitrogens with zero attached hydrogens (tertiary/aromatic N) is 4. The van der Waals surface area contributed by atoms with Crippen LogP contribution in [0.15, 0.2) is 72.8 Å². The Kier molecular flexibility index (Phi) is 24.0. The van der Waals surface area contributed by atoms with Gasteiger partial charge in [0.2, 0.25) is 0 Å². The van der Waals surface area contributed by atoms with E-state index in [4.69, 9.17) is 9.96 Å². The van der Waals surface area contributed by atoms with Crippen molar-refractivity contribution >= 4 is 56.5 Å². The largest absolute Gasteiger partial charge is 2.00 e. The molecule has 4 aromatic rings. The molecule has 0 fully saturated rings. The van der Waals surface area contributed by atoms with E-state index in [2.05, 4.69) is 218 Å². The van der Waals surface area contributed by atoms with E-state index in [1.165, 1.54) is 55.9 Å². The Bertz CT molecular complexity index is 1950. The predicted molar refractivity (Wildman–Crippen MR) is 299 cm³/mol. The summed E-state index contributed by atoms with van der Waals surface area (Å²) in [6.07, 6.45) is 0. The molecule has 4 aromatic carbocycles. The number of para-hydroxylation sites is 2. The van der Waals surface area contributed by atoms with Crippen molar-refractivity contribution in [2.75, 3.05) is 8.46 Å². The minimum Gasteiger partial charge on any atom is -0.844 e. The Morgan fingerprint density at radius 2 is 0.485 bits per heavy atom. The molecule has 0 N–H and O–H groups in total. The van der Waals surface area contributed by atoms with Crippen LogP contribution in [0.3, 0.4) is 0 Å². The topological polar surface area (TPSA) is 80.8 Å². The SMILES string of the molecule is CC(C)c1cccc(C(C)C)c1[N-][Si](C)(C)N(c1c(C(C)C)cccc1C(C)C)[Si](C)(C)[O-].CC(C)c1cccc(C(C)C)c1[N-][Si](C)(C)N(c1c(C(C)C)cccc1C(C)C)[Si](C)(C)[O-].[Cr+2].[Cr+2]. The van der Waals surface area contributed by atoms with Crippen molar-refractivity contribution in [2.24, 2.45) is 0 Å². The van der Waals surface area contributed by atoms with Gasteiger partial charge in [0.05, 0.1) is 0 Å². The van der Waals surface area contributed by atoms with Crippen molar-refractivity contribution in [2.45, 2.75) is 210 Å². The number of anilines is 2. The summed E-state index contributed by atoms with van der Waals surface area (Å²) in [6.45, 7) is 52.6. The molecule has 0 heterocycles. The van der Waals surface area contributed by atoms with Crippen LogP contribution < -0.4 is 18.1 Å². The zero-order chi connectivity index (χ0) is 50.6. The van der Waals surface area contributed by atoms with Gasteiger partial charge in [-0.05, 0) is 69.6 Å². The number of hydrogen-bond donors (Lipinski definition) is 0. The number of benzene rings is 4. The van der Waals surface area contributed by atoms with Gasteiger partial charge in [-0.15, -0.1) is 11.4 Å². The summed E-state index contributed by atoms with van der Waals surface area (Å²) in [4.78, 5) is 39.3. The van der Waals surface area contributed by atoms with Crippen LogP contribution in [-0.2, 0) is 34.7 Å². The fourth-order valence-corrected chi connectivity index (χ4v) is 25.7. The van der Waals surface area contributed by atoms with E-state index in [0.717, 1.165) is 11.4 Å². The summed E-state index contributed by atoms with van der Waals surface area (Å²) in [5, 5.41) is 0. The van der Waals surface area contributed by atoms with Gasteiger partial charge in [-0.25, -0.2) is 0 Å². The van der Waals surface area contributed by atoms with Crippen molar-refractivity contribution in [3.63, 3.8) is 0 Å². The van der Waals surface area contributed by atoms with Crippen LogP contribution in [0.1, 0.15) is 203 Å². The quantitative estimate of drug-likeness (QED) is 0.0930. The van der Waals surface area contributed by atoms with E-state index >= 15 is 0 Å². The van der Waals surface area contributed by atoms with E-state index in [9.17, 15) is 9.59 Å². The minimum absolute atomic E-state index is 0. The normalized spacial score (nSPS) is 12.5. The molecule has 0 aromatic heterocycles. The maximum absolute atomic E-state index is 14.1. The van der Waals surface area contributed by atoms with E-state index in [1.54, 1.807) is 0 Å². The van der Waals surface area contributed by atoms with Crippen molar-refractivity contribution in [1.82, 2.24) is 0 Å². The Balaban J connectivity index is 0.000000661. The maximum Gasteiger partial charge on any atom is 2.00 e. The molecule has 4 rings (SSSR count). The molecule has 6 nitrogen and oxygen atoms in total. The van der Waals surface area contributed by atoms with Crippen molar-refractivity contribution in [3.8, 4) is 0 Å². The Hall–Kier alpha value is -2.07. The Morgan fingerprint density at radius 1 is 0.324 bits per heavy atom. The molecule has 0 aliphatic rings. The van der Waals surface area contributed by atoms with Gasteiger partial charge >= 0.3 is 34.7 Å². The van der Waals surface area contributed by atoms with Gasteiger partial charge in [-0.2, -0.15) is 0 Å². The molecule has 0 radical (unpaired) electrons. The second-order valence-corrected chi connectivity index (χ2v) is 38.0.